The van der Waals surface area contributed by atoms with Gasteiger partial charge in [-0.1, -0.05) is 59.8 Å². The van der Waals surface area contributed by atoms with E-state index in [0.717, 1.165) is 32.5 Å². The normalized spacial score (nSPS) is 13.1. The van der Waals surface area contributed by atoms with Crippen LogP contribution in [0.1, 0.15) is 119 Å². The van der Waals surface area contributed by atoms with E-state index >= 15 is 0 Å². The van der Waals surface area contributed by atoms with E-state index in [1.165, 1.54) is 83.8 Å². The van der Waals surface area contributed by atoms with Crippen LogP contribution in [-0.2, 0) is 4.74 Å². The summed E-state index contributed by atoms with van der Waals surface area (Å²) in [6, 6.07) is 0. The minimum absolute atomic E-state index is 0.470. The van der Waals surface area contributed by atoms with Crippen LogP contribution in [0.3, 0.4) is 0 Å². The number of carboxylic acid groups (broad SMARTS) is 1. The standard InChI is InChI=1S/C27H56N2O3/c1-7-11-18-28(19-12-8-2)22-16-15-17-25(23-27(5,6)32-26(30)31)24-29(20-13-9-3)21-14-10-4/h25H,7-24H2,1-6H3,(H,30,31). The molecule has 0 heterocycles. The Kier molecular flexibility index (Phi) is 19.1. The minimum atomic E-state index is -1.16. The van der Waals surface area contributed by atoms with E-state index in [0.29, 0.717) is 5.92 Å². The SMILES string of the molecule is CCCCN(CCCC)CCCCC(CN(CCCC)CCCC)CC(C)(C)OC(=O)O. The monoisotopic (exact) mass is 456 g/mol. The first-order valence-electron chi connectivity index (χ1n) is 13.6. The summed E-state index contributed by atoms with van der Waals surface area (Å²) in [5.74, 6) is 0.470. The van der Waals surface area contributed by atoms with Crippen LogP contribution in [0.25, 0.3) is 0 Å². The molecule has 0 saturated carbocycles. The lowest BCUT2D eigenvalue weighted by molar-refractivity contribution is -0.0141. The third-order valence-corrected chi connectivity index (χ3v) is 6.31. The van der Waals surface area contributed by atoms with Crippen molar-refractivity contribution in [3.8, 4) is 0 Å². The molecule has 0 aromatic rings. The first-order chi connectivity index (χ1) is 15.3. The van der Waals surface area contributed by atoms with Crippen molar-refractivity contribution in [2.24, 2.45) is 5.92 Å². The molecule has 0 saturated heterocycles. The molecule has 0 fully saturated rings. The number of rotatable bonds is 22. The lowest BCUT2D eigenvalue weighted by Gasteiger charge is -2.33. The van der Waals surface area contributed by atoms with E-state index in [9.17, 15) is 4.79 Å². The van der Waals surface area contributed by atoms with Gasteiger partial charge in [-0.2, -0.15) is 0 Å². The average molecular weight is 457 g/mol. The second-order valence-electron chi connectivity index (χ2n) is 10.3. The van der Waals surface area contributed by atoms with Crippen molar-refractivity contribution in [1.29, 1.82) is 0 Å². The third-order valence-electron chi connectivity index (χ3n) is 6.31. The quantitative estimate of drug-likeness (QED) is 0.135. The van der Waals surface area contributed by atoms with Crippen LogP contribution in [0.4, 0.5) is 4.79 Å². The molecule has 1 atom stereocenters. The van der Waals surface area contributed by atoms with Gasteiger partial charge < -0.3 is 19.6 Å². The zero-order chi connectivity index (χ0) is 24.2. The molecule has 0 spiro atoms. The molecule has 192 valence electrons. The van der Waals surface area contributed by atoms with Gasteiger partial charge in [-0.25, -0.2) is 4.79 Å². The summed E-state index contributed by atoms with van der Waals surface area (Å²) in [4.78, 5) is 16.4. The van der Waals surface area contributed by atoms with Crippen LogP contribution in [0.15, 0.2) is 0 Å². The summed E-state index contributed by atoms with van der Waals surface area (Å²) in [5, 5.41) is 9.15. The van der Waals surface area contributed by atoms with E-state index < -0.39 is 11.8 Å². The summed E-state index contributed by atoms with van der Waals surface area (Å²) in [6.07, 6.45) is 13.2. The summed E-state index contributed by atoms with van der Waals surface area (Å²) < 4.78 is 5.24. The molecule has 0 aromatic carbocycles. The van der Waals surface area contributed by atoms with Crippen LogP contribution in [0.2, 0.25) is 0 Å². The Morgan fingerprint density at radius 3 is 1.62 bits per heavy atom. The molecule has 0 rings (SSSR count). The van der Waals surface area contributed by atoms with Gasteiger partial charge in [0.15, 0.2) is 0 Å². The van der Waals surface area contributed by atoms with Gasteiger partial charge in [0.2, 0.25) is 0 Å². The van der Waals surface area contributed by atoms with Gasteiger partial charge in [-0.05, 0) is 97.4 Å². The molecule has 0 bridgehead atoms. The summed E-state index contributed by atoms with van der Waals surface area (Å²) in [5.41, 5.74) is -0.633. The van der Waals surface area contributed by atoms with Gasteiger partial charge in [-0.3, -0.25) is 0 Å². The Hall–Kier alpha value is -0.810. The second-order valence-corrected chi connectivity index (χ2v) is 10.3. The number of nitrogens with zero attached hydrogens (tertiary/aromatic N) is 2. The van der Waals surface area contributed by atoms with Gasteiger partial charge in [0.1, 0.15) is 5.60 Å². The zero-order valence-corrected chi connectivity index (χ0v) is 22.5. The van der Waals surface area contributed by atoms with Crippen LogP contribution in [-0.4, -0.2) is 65.9 Å². The first kappa shape index (κ1) is 31.2. The molecule has 0 aliphatic heterocycles. The van der Waals surface area contributed by atoms with E-state index in [1.807, 2.05) is 13.8 Å². The first-order valence-corrected chi connectivity index (χ1v) is 13.6. The van der Waals surface area contributed by atoms with Gasteiger partial charge in [-0.15, -0.1) is 0 Å². The highest BCUT2D eigenvalue weighted by Gasteiger charge is 2.28. The number of carbonyl (C=O) groups is 1. The highest BCUT2D eigenvalue weighted by molar-refractivity contribution is 5.57. The van der Waals surface area contributed by atoms with Gasteiger partial charge in [0, 0.05) is 6.54 Å². The van der Waals surface area contributed by atoms with Crippen LogP contribution in [0, 0.1) is 5.92 Å². The lowest BCUT2D eigenvalue weighted by Crippen LogP contribution is -2.37. The van der Waals surface area contributed by atoms with E-state index in [-0.39, 0.29) is 0 Å². The Labute approximate surface area is 200 Å². The van der Waals surface area contributed by atoms with Gasteiger partial charge in [0.25, 0.3) is 0 Å². The van der Waals surface area contributed by atoms with Crippen LogP contribution in [0.5, 0.6) is 0 Å². The smallest absolute Gasteiger partial charge is 0.450 e. The predicted octanol–water partition coefficient (Wildman–Crippen LogP) is 7.44. The zero-order valence-electron chi connectivity index (χ0n) is 22.5. The maximum atomic E-state index is 11.2. The van der Waals surface area contributed by atoms with Crippen LogP contribution >= 0.6 is 0 Å². The highest BCUT2D eigenvalue weighted by atomic mass is 16.7. The molecule has 1 N–H and O–H groups in total. The van der Waals surface area contributed by atoms with Crippen molar-refractivity contribution >= 4 is 6.16 Å². The summed E-state index contributed by atoms with van der Waals surface area (Å²) in [7, 11) is 0. The number of hydrogen-bond acceptors (Lipinski definition) is 4. The Morgan fingerprint density at radius 1 is 0.750 bits per heavy atom. The molecule has 5 heteroatoms. The Morgan fingerprint density at radius 2 is 1.19 bits per heavy atom. The van der Waals surface area contributed by atoms with Gasteiger partial charge in [0.05, 0.1) is 0 Å². The van der Waals surface area contributed by atoms with Crippen molar-refractivity contribution < 1.29 is 14.6 Å². The lowest BCUT2D eigenvalue weighted by atomic mass is 9.88. The maximum Gasteiger partial charge on any atom is 0.506 e. The number of unbranched alkanes of at least 4 members (excludes halogenated alkanes) is 5. The summed E-state index contributed by atoms with van der Waals surface area (Å²) >= 11 is 0. The molecule has 0 aliphatic rings. The molecular formula is C27H56N2O3. The Balaban J connectivity index is 4.91. The largest absolute Gasteiger partial charge is 0.506 e. The number of ether oxygens (including phenoxy) is 1. The minimum Gasteiger partial charge on any atom is -0.450 e. The molecule has 0 aromatic heterocycles. The van der Waals surface area contributed by atoms with Crippen molar-refractivity contribution in [1.82, 2.24) is 9.80 Å². The van der Waals surface area contributed by atoms with Crippen LogP contribution < -0.4 is 0 Å². The number of hydrogen-bond donors (Lipinski definition) is 1. The molecule has 5 nitrogen and oxygen atoms in total. The molecule has 0 amide bonds. The van der Waals surface area contributed by atoms with E-state index in [2.05, 4.69) is 37.5 Å². The van der Waals surface area contributed by atoms with Gasteiger partial charge >= 0.3 is 6.16 Å². The molecular weight excluding hydrogens is 400 g/mol. The predicted molar refractivity (Wildman–Crippen MR) is 138 cm³/mol. The van der Waals surface area contributed by atoms with Crippen molar-refractivity contribution in [3.63, 3.8) is 0 Å². The summed E-state index contributed by atoms with van der Waals surface area (Å²) in [6.45, 7) is 19.9. The molecule has 1 unspecified atom stereocenters. The molecule has 32 heavy (non-hydrogen) atoms. The van der Waals surface area contributed by atoms with E-state index in [1.54, 1.807) is 0 Å². The molecule has 0 radical (unpaired) electrons. The average Bonchev–Trinajstić information content (AvgIpc) is 2.72. The fourth-order valence-electron chi connectivity index (χ4n) is 4.52. The van der Waals surface area contributed by atoms with Crippen molar-refractivity contribution in [2.75, 3.05) is 39.3 Å². The fraction of sp³-hybridized carbons (Fsp3) is 0.963. The fourth-order valence-corrected chi connectivity index (χ4v) is 4.52. The highest BCUT2D eigenvalue weighted by Crippen LogP contribution is 2.26. The van der Waals surface area contributed by atoms with Crippen molar-refractivity contribution in [3.05, 3.63) is 0 Å². The Bertz CT molecular complexity index is 427. The molecule has 0 aliphatic carbocycles. The topological polar surface area (TPSA) is 53.0 Å². The second kappa shape index (κ2) is 19.6. The maximum absolute atomic E-state index is 11.2. The third kappa shape index (κ3) is 17.7. The van der Waals surface area contributed by atoms with Crippen molar-refractivity contribution in [2.45, 2.75) is 124 Å². The van der Waals surface area contributed by atoms with E-state index in [4.69, 9.17) is 9.84 Å².